The van der Waals surface area contributed by atoms with Crippen LogP contribution in [-0.4, -0.2) is 61.6 Å². The third kappa shape index (κ3) is 8.28. The first kappa shape index (κ1) is 30.6. The van der Waals surface area contributed by atoms with Gasteiger partial charge < -0.3 is 25.0 Å². The summed E-state index contributed by atoms with van der Waals surface area (Å²) in [5.74, 6) is -4.45. The highest BCUT2D eigenvalue weighted by atomic mass is 19.4. The van der Waals surface area contributed by atoms with Crippen LogP contribution in [0.3, 0.4) is 0 Å². The van der Waals surface area contributed by atoms with Crippen LogP contribution in [0.4, 0.5) is 18.9 Å². The van der Waals surface area contributed by atoms with Crippen LogP contribution in [0.2, 0.25) is 0 Å². The predicted molar refractivity (Wildman–Crippen MR) is 140 cm³/mol. The molecule has 216 valence electrons. The number of anilines is 1. The molecule has 12 heteroatoms. The van der Waals surface area contributed by atoms with Gasteiger partial charge in [-0.15, -0.1) is 0 Å². The molecule has 3 rings (SSSR count). The molecule has 9 nitrogen and oxygen atoms in total. The highest BCUT2D eigenvalue weighted by molar-refractivity contribution is 6.09. The number of nitrogens with two attached hydrogens (primary N) is 1. The van der Waals surface area contributed by atoms with Crippen LogP contribution in [-0.2, 0) is 32.1 Å². The van der Waals surface area contributed by atoms with Gasteiger partial charge in [0.15, 0.2) is 0 Å². The van der Waals surface area contributed by atoms with Crippen molar-refractivity contribution in [2.75, 3.05) is 31.6 Å². The minimum atomic E-state index is -5.33. The van der Waals surface area contributed by atoms with E-state index in [1.807, 2.05) is 6.07 Å². The summed E-state index contributed by atoms with van der Waals surface area (Å²) in [5.41, 5.74) is 7.82. The topological polar surface area (TPSA) is 119 Å². The van der Waals surface area contributed by atoms with E-state index >= 15 is 0 Å². The van der Waals surface area contributed by atoms with Gasteiger partial charge in [-0.2, -0.15) is 13.2 Å². The number of fused-ring (bicyclic) bond motifs is 1. The van der Waals surface area contributed by atoms with Gasteiger partial charge in [0.05, 0.1) is 31.3 Å². The lowest BCUT2D eigenvalue weighted by molar-refractivity contribution is -0.201. The van der Waals surface area contributed by atoms with Gasteiger partial charge in [0.2, 0.25) is 5.91 Å². The Morgan fingerprint density at radius 2 is 1.65 bits per heavy atom. The molecule has 2 amide bonds. The molecule has 0 bridgehead atoms. The number of carbonyl (C=O) groups is 4. The number of amides is 2. The van der Waals surface area contributed by atoms with Crippen LogP contribution in [0, 0.1) is 0 Å². The van der Waals surface area contributed by atoms with E-state index in [9.17, 15) is 32.3 Å². The molecule has 2 aromatic carbocycles. The zero-order valence-corrected chi connectivity index (χ0v) is 22.2. The van der Waals surface area contributed by atoms with Gasteiger partial charge in [-0.25, -0.2) is 4.79 Å². The second kappa shape index (κ2) is 13.9. The number of nitrogens with zero attached hydrogens (tertiary/aromatic N) is 2. The minimum Gasteiger partial charge on any atom is -0.497 e. The highest BCUT2D eigenvalue weighted by Gasteiger charge is 2.42. The fourth-order valence-electron chi connectivity index (χ4n) is 4.30. The average molecular weight is 564 g/mol. The van der Waals surface area contributed by atoms with Gasteiger partial charge in [0, 0.05) is 6.54 Å². The summed E-state index contributed by atoms with van der Waals surface area (Å²) < 4.78 is 46.3. The summed E-state index contributed by atoms with van der Waals surface area (Å²) in [4.78, 5) is 52.3. The number of ether oxygens (including phenoxy) is 2. The summed E-state index contributed by atoms with van der Waals surface area (Å²) in [7, 11) is 1.54. The molecule has 40 heavy (non-hydrogen) atoms. The van der Waals surface area contributed by atoms with Crippen LogP contribution >= 0.6 is 0 Å². The van der Waals surface area contributed by atoms with Gasteiger partial charge in [-0.05, 0) is 61.2 Å². The van der Waals surface area contributed by atoms with Crippen molar-refractivity contribution in [1.82, 2.24) is 4.90 Å². The van der Waals surface area contributed by atoms with E-state index in [0.29, 0.717) is 24.4 Å². The highest BCUT2D eigenvalue weighted by Crippen LogP contribution is 2.30. The number of hydrogen-bond acceptors (Lipinski definition) is 7. The molecule has 1 aliphatic rings. The van der Waals surface area contributed by atoms with E-state index in [4.69, 9.17) is 10.5 Å². The zero-order valence-electron chi connectivity index (χ0n) is 22.2. The predicted octanol–water partition coefficient (Wildman–Crippen LogP) is 3.77. The number of unbranched alkanes of at least 4 members (excludes halogenated alkanes) is 3. The fourth-order valence-corrected chi connectivity index (χ4v) is 4.30. The molecule has 0 radical (unpaired) electrons. The van der Waals surface area contributed by atoms with E-state index in [0.717, 1.165) is 41.7 Å². The summed E-state index contributed by atoms with van der Waals surface area (Å²) in [5, 5.41) is 0. The number of hydrogen-bond donors (Lipinski definition) is 1. The molecule has 0 aliphatic carbocycles. The first-order valence-corrected chi connectivity index (χ1v) is 12.9. The summed E-state index contributed by atoms with van der Waals surface area (Å²) in [6, 6.07) is 12.4. The zero-order chi connectivity index (χ0) is 29.3. The number of esters is 2. The van der Waals surface area contributed by atoms with Gasteiger partial charge in [0.1, 0.15) is 12.3 Å². The van der Waals surface area contributed by atoms with Crippen molar-refractivity contribution in [2.24, 2.45) is 5.73 Å². The second-order valence-corrected chi connectivity index (χ2v) is 9.37. The van der Waals surface area contributed by atoms with Crippen molar-refractivity contribution >= 4 is 29.4 Å². The molecule has 2 aromatic rings. The maximum atomic E-state index is 13.5. The lowest BCUT2D eigenvalue weighted by atomic mass is 10.0. The van der Waals surface area contributed by atoms with Crippen molar-refractivity contribution in [3.05, 3.63) is 59.2 Å². The van der Waals surface area contributed by atoms with Gasteiger partial charge in [-0.1, -0.05) is 31.0 Å². The van der Waals surface area contributed by atoms with Gasteiger partial charge in [0.25, 0.3) is 5.91 Å². The van der Waals surface area contributed by atoms with Crippen molar-refractivity contribution in [1.29, 1.82) is 0 Å². The number of methoxy groups -OCH3 is 1. The quantitative estimate of drug-likeness (QED) is 0.237. The van der Waals surface area contributed by atoms with E-state index in [2.05, 4.69) is 4.74 Å². The standard InChI is InChI=1S/C28H32F3N3O6/c1-39-21-10-7-20(8-11-21)17-34-23-12-9-19(6-4-2-3-5-14-32)16-22(23)26(37)33(18-24(34)35)15-13-25(36)40-27(38)28(29,30)31/h7-12,16H,2-6,13-15,17-18,32H2,1H3. The van der Waals surface area contributed by atoms with Crippen LogP contribution in [0.1, 0.15) is 53.6 Å². The Balaban J connectivity index is 1.84. The van der Waals surface area contributed by atoms with Crippen LogP contribution < -0.4 is 15.4 Å². The summed E-state index contributed by atoms with van der Waals surface area (Å²) >= 11 is 0. The van der Waals surface area contributed by atoms with E-state index < -0.39 is 49.4 Å². The minimum absolute atomic E-state index is 0.150. The Labute approximate surface area is 230 Å². The molecule has 0 atom stereocenters. The van der Waals surface area contributed by atoms with Crippen LogP contribution in [0.15, 0.2) is 42.5 Å². The fraction of sp³-hybridized carbons (Fsp3) is 0.429. The molecule has 1 heterocycles. The Bertz CT molecular complexity index is 1220. The number of aryl methyl sites for hydroxylation is 1. The number of carbonyl (C=O) groups excluding carboxylic acids is 4. The Kier molecular flexibility index (Phi) is 10.7. The monoisotopic (exact) mass is 563 g/mol. The lowest BCUT2D eigenvalue weighted by Gasteiger charge is -2.23. The number of benzene rings is 2. The average Bonchev–Trinajstić information content (AvgIpc) is 3.01. The summed E-state index contributed by atoms with van der Waals surface area (Å²) in [6.07, 6.45) is -1.56. The van der Waals surface area contributed by atoms with Crippen LogP contribution in [0.25, 0.3) is 0 Å². The molecular formula is C28H32F3N3O6. The molecule has 2 N–H and O–H groups in total. The Morgan fingerprint density at radius 1 is 0.975 bits per heavy atom. The van der Waals surface area contributed by atoms with E-state index in [1.165, 1.54) is 12.0 Å². The molecule has 0 fully saturated rings. The smallest absolute Gasteiger partial charge is 0.491 e. The number of rotatable bonds is 12. The van der Waals surface area contributed by atoms with Gasteiger partial charge >= 0.3 is 18.1 Å². The molecule has 0 saturated heterocycles. The maximum Gasteiger partial charge on any atom is 0.491 e. The molecule has 1 aliphatic heterocycles. The first-order valence-electron chi connectivity index (χ1n) is 12.9. The van der Waals surface area contributed by atoms with Crippen molar-refractivity contribution < 1.29 is 41.8 Å². The van der Waals surface area contributed by atoms with E-state index in [-0.39, 0.29) is 12.1 Å². The molecular weight excluding hydrogens is 531 g/mol. The van der Waals surface area contributed by atoms with Crippen molar-refractivity contribution in [2.45, 2.75) is 51.2 Å². The molecule has 0 spiro atoms. The van der Waals surface area contributed by atoms with E-state index in [1.54, 1.807) is 36.4 Å². The van der Waals surface area contributed by atoms with Crippen molar-refractivity contribution in [3.8, 4) is 5.75 Å². The lowest BCUT2D eigenvalue weighted by Crippen LogP contribution is -2.40. The largest absolute Gasteiger partial charge is 0.497 e. The number of halogens is 3. The Hall–Kier alpha value is -3.93. The molecule has 0 unspecified atom stereocenters. The molecule has 0 aromatic heterocycles. The first-order chi connectivity index (χ1) is 19.0. The normalized spacial score (nSPS) is 13.6. The SMILES string of the molecule is COc1ccc(CN2C(=O)CN(CCC(=O)OC(=O)C(F)(F)F)C(=O)c3cc(CCCCCCN)ccc32)cc1. The number of alkyl halides is 3. The molecule has 0 saturated carbocycles. The Morgan fingerprint density at radius 3 is 2.30 bits per heavy atom. The third-order valence-corrected chi connectivity index (χ3v) is 6.44. The second-order valence-electron chi connectivity index (χ2n) is 9.37. The van der Waals surface area contributed by atoms with Gasteiger partial charge in [-0.3, -0.25) is 14.4 Å². The van der Waals surface area contributed by atoms with Crippen LogP contribution in [0.5, 0.6) is 5.75 Å². The maximum absolute atomic E-state index is 13.5. The summed E-state index contributed by atoms with van der Waals surface area (Å²) in [6.45, 7) is -0.0527. The van der Waals surface area contributed by atoms with Crippen molar-refractivity contribution in [3.63, 3.8) is 0 Å². The third-order valence-electron chi connectivity index (χ3n) is 6.44.